The predicted octanol–water partition coefficient (Wildman–Crippen LogP) is 0.369. The molecular weight excluding hydrogens is 298 g/mol. The summed E-state index contributed by atoms with van der Waals surface area (Å²) in [5.41, 5.74) is 0.411. The normalized spacial score (nSPS) is 13.1. The molecule has 1 rings (SSSR count). The largest absolute Gasteiger partial charge is 0.478 e. The lowest BCUT2D eigenvalue weighted by molar-refractivity contribution is 0.0696. The van der Waals surface area contributed by atoms with Gasteiger partial charge in [-0.05, 0) is 31.0 Å². The van der Waals surface area contributed by atoms with Gasteiger partial charge in [0.2, 0.25) is 10.0 Å². The van der Waals surface area contributed by atoms with Crippen molar-refractivity contribution in [1.29, 1.82) is 0 Å². The first-order valence-electron chi connectivity index (χ1n) is 6.28. The molecule has 21 heavy (non-hydrogen) atoms. The Morgan fingerprint density at radius 3 is 2.62 bits per heavy atom. The van der Waals surface area contributed by atoms with Crippen LogP contribution in [0.15, 0.2) is 23.1 Å². The van der Waals surface area contributed by atoms with E-state index in [1.165, 1.54) is 19.2 Å². The molecule has 118 valence electrons. The average Bonchev–Trinajstić information content (AvgIpc) is 2.38. The fourth-order valence-electron chi connectivity index (χ4n) is 1.82. The maximum absolute atomic E-state index is 12.2. The van der Waals surface area contributed by atoms with Crippen molar-refractivity contribution in [1.82, 2.24) is 4.72 Å². The van der Waals surface area contributed by atoms with Gasteiger partial charge in [-0.2, -0.15) is 0 Å². The molecule has 0 heterocycles. The van der Waals surface area contributed by atoms with E-state index >= 15 is 0 Å². The van der Waals surface area contributed by atoms with Gasteiger partial charge in [-0.3, -0.25) is 0 Å². The molecule has 0 saturated carbocycles. The van der Waals surface area contributed by atoms with Crippen LogP contribution in [0.1, 0.15) is 22.3 Å². The molecule has 7 nitrogen and oxygen atoms in total. The van der Waals surface area contributed by atoms with Gasteiger partial charge in [0.05, 0.1) is 17.1 Å². The Morgan fingerprint density at radius 1 is 1.43 bits per heavy atom. The van der Waals surface area contributed by atoms with E-state index < -0.39 is 22.0 Å². The highest BCUT2D eigenvalue weighted by Crippen LogP contribution is 2.16. The van der Waals surface area contributed by atoms with Crippen LogP contribution in [-0.4, -0.2) is 51.0 Å². The highest BCUT2D eigenvalue weighted by molar-refractivity contribution is 7.89. The number of carboxylic acid groups (broad SMARTS) is 1. The number of aromatic carboxylic acids is 1. The second kappa shape index (κ2) is 7.51. The minimum absolute atomic E-state index is 0.0664. The summed E-state index contributed by atoms with van der Waals surface area (Å²) in [6.07, 6.45) is 0.199. The van der Waals surface area contributed by atoms with Gasteiger partial charge >= 0.3 is 5.97 Å². The zero-order chi connectivity index (χ0) is 16.0. The summed E-state index contributed by atoms with van der Waals surface area (Å²) in [6, 6.07) is 3.31. The van der Waals surface area contributed by atoms with Gasteiger partial charge in [0.1, 0.15) is 0 Å². The zero-order valence-electron chi connectivity index (χ0n) is 11.9. The van der Waals surface area contributed by atoms with E-state index in [-0.39, 0.29) is 30.1 Å². The van der Waals surface area contributed by atoms with Gasteiger partial charge in [0, 0.05) is 19.8 Å². The number of rotatable bonds is 8. The molecule has 0 bridgehead atoms. The van der Waals surface area contributed by atoms with E-state index in [1.54, 1.807) is 6.92 Å². The third-order valence-corrected chi connectivity index (χ3v) is 4.44. The first-order chi connectivity index (χ1) is 9.81. The van der Waals surface area contributed by atoms with Gasteiger partial charge in [-0.15, -0.1) is 0 Å². The molecular formula is C13H19NO6S. The third-order valence-electron chi connectivity index (χ3n) is 2.92. The van der Waals surface area contributed by atoms with E-state index in [0.717, 1.165) is 6.07 Å². The van der Waals surface area contributed by atoms with Crippen molar-refractivity contribution < 1.29 is 28.2 Å². The quantitative estimate of drug-likeness (QED) is 0.638. The summed E-state index contributed by atoms with van der Waals surface area (Å²) in [4.78, 5) is 10.9. The number of aliphatic hydroxyl groups is 1. The number of methoxy groups -OCH3 is 1. The molecule has 0 fully saturated rings. The molecule has 0 aliphatic heterocycles. The number of hydrogen-bond donors (Lipinski definition) is 3. The Kier molecular flexibility index (Phi) is 6.28. The minimum atomic E-state index is -3.88. The molecule has 0 saturated heterocycles. The van der Waals surface area contributed by atoms with Crippen molar-refractivity contribution in [3.63, 3.8) is 0 Å². The van der Waals surface area contributed by atoms with Crippen LogP contribution in [0.3, 0.4) is 0 Å². The smallest absolute Gasteiger partial charge is 0.335 e. The van der Waals surface area contributed by atoms with E-state index in [0.29, 0.717) is 5.56 Å². The Balaban J connectivity index is 3.07. The Labute approximate surface area is 123 Å². The summed E-state index contributed by atoms with van der Waals surface area (Å²) in [7, 11) is -2.46. The molecule has 0 aliphatic carbocycles. The second-order valence-corrected chi connectivity index (χ2v) is 6.28. The van der Waals surface area contributed by atoms with Crippen molar-refractivity contribution in [3.05, 3.63) is 29.3 Å². The van der Waals surface area contributed by atoms with Crippen LogP contribution >= 0.6 is 0 Å². The van der Waals surface area contributed by atoms with Gasteiger partial charge in [-0.1, -0.05) is 6.07 Å². The highest BCUT2D eigenvalue weighted by Gasteiger charge is 2.21. The molecule has 0 aliphatic rings. The van der Waals surface area contributed by atoms with Crippen molar-refractivity contribution in [3.8, 4) is 0 Å². The van der Waals surface area contributed by atoms with Gasteiger partial charge in [-0.25, -0.2) is 17.9 Å². The van der Waals surface area contributed by atoms with Crippen molar-refractivity contribution in [2.45, 2.75) is 24.3 Å². The van der Waals surface area contributed by atoms with Crippen LogP contribution in [0, 0.1) is 6.92 Å². The monoisotopic (exact) mass is 317 g/mol. The number of ether oxygens (including phenoxy) is 1. The molecule has 3 N–H and O–H groups in total. The van der Waals surface area contributed by atoms with Crippen molar-refractivity contribution >= 4 is 16.0 Å². The standard InChI is InChI=1S/C13H19NO6S/c1-9-3-4-11(7-12(9)13(16)17)21(18,19)14-10(5-6-15)8-20-2/h3-4,7,10,14-15H,5-6,8H2,1-2H3,(H,16,17). The van der Waals surface area contributed by atoms with Crippen molar-refractivity contribution in [2.24, 2.45) is 0 Å². The van der Waals surface area contributed by atoms with Crippen molar-refractivity contribution in [2.75, 3.05) is 20.3 Å². The summed E-state index contributed by atoms with van der Waals surface area (Å²) < 4.78 is 31.8. The first-order valence-corrected chi connectivity index (χ1v) is 7.76. The van der Waals surface area contributed by atoms with E-state index in [1.807, 2.05) is 0 Å². The lowest BCUT2D eigenvalue weighted by Gasteiger charge is -2.17. The number of sulfonamides is 1. The third kappa shape index (κ3) is 4.78. The molecule has 1 unspecified atom stereocenters. The summed E-state index contributed by atoms with van der Waals surface area (Å²) >= 11 is 0. The summed E-state index contributed by atoms with van der Waals surface area (Å²) in [5.74, 6) is -1.19. The molecule has 0 amide bonds. The summed E-state index contributed by atoms with van der Waals surface area (Å²) in [5, 5.41) is 18.0. The SMILES string of the molecule is COCC(CCO)NS(=O)(=O)c1ccc(C)c(C(=O)O)c1. The maximum Gasteiger partial charge on any atom is 0.335 e. The Morgan fingerprint density at radius 2 is 2.10 bits per heavy atom. The van der Waals surface area contributed by atoms with Gasteiger partial charge in [0.25, 0.3) is 0 Å². The van der Waals surface area contributed by atoms with E-state index in [9.17, 15) is 13.2 Å². The zero-order valence-corrected chi connectivity index (χ0v) is 12.7. The van der Waals surface area contributed by atoms with Crippen LogP contribution in [0.2, 0.25) is 0 Å². The second-order valence-electron chi connectivity index (χ2n) is 4.57. The Hall–Kier alpha value is -1.48. The van der Waals surface area contributed by atoms with Crippen LogP contribution < -0.4 is 4.72 Å². The lowest BCUT2D eigenvalue weighted by Crippen LogP contribution is -2.38. The van der Waals surface area contributed by atoms with Crippen LogP contribution in [0.5, 0.6) is 0 Å². The van der Waals surface area contributed by atoms with E-state index in [2.05, 4.69) is 4.72 Å². The Bertz CT molecular complexity index is 593. The van der Waals surface area contributed by atoms with Gasteiger partial charge < -0.3 is 14.9 Å². The fourth-order valence-corrected chi connectivity index (χ4v) is 3.10. The lowest BCUT2D eigenvalue weighted by atomic mass is 10.1. The molecule has 1 atom stereocenters. The number of benzene rings is 1. The number of carboxylic acids is 1. The molecule has 0 radical (unpaired) electrons. The first kappa shape index (κ1) is 17.6. The molecule has 1 aromatic carbocycles. The topological polar surface area (TPSA) is 113 Å². The fraction of sp³-hybridized carbons (Fsp3) is 0.462. The highest BCUT2D eigenvalue weighted by atomic mass is 32.2. The van der Waals surface area contributed by atoms with Crippen LogP contribution in [0.4, 0.5) is 0 Å². The number of aliphatic hydroxyl groups excluding tert-OH is 1. The van der Waals surface area contributed by atoms with Crippen LogP contribution in [-0.2, 0) is 14.8 Å². The number of hydrogen-bond acceptors (Lipinski definition) is 5. The number of aryl methyl sites for hydroxylation is 1. The number of carbonyl (C=O) groups is 1. The maximum atomic E-state index is 12.2. The molecule has 8 heteroatoms. The van der Waals surface area contributed by atoms with Gasteiger partial charge in [0.15, 0.2) is 0 Å². The molecule has 0 spiro atoms. The average molecular weight is 317 g/mol. The minimum Gasteiger partial charge on any atom is -0.478 e. The summed E-state index contributed by atoms with van der Waals surface area (Å²) in [6.45, 7) is 1.51. The van der Waals surface area contributed by atoms with E-state index in [4.69, 9.17) is 14.9 Å². The molecule has 0 aromatic heterocycles. The predicted molar refractivity (Wildman–Crippen MR) is 75.8 cm³/mol. The van der Waals surface area contributed by atoms with Crippen LogP contribution in [0.25, 0.3) is 0 Å². The number of nitrogens with one attached hydrogen (secondary N) is 1. The molecule has 1 aromatic rings.